The minimum absolute atomic E-state index is 0.0289. The molecule has 13 heteroatoms. The van der Waals surface area contributed by atoms with Gasteiger partial charge in [-0.2, -0.15) is 26.3 Å². The summed E-state index contributed by atoms with van der Waals surface area (Å²) in [6.07, 6.45) is -10.8. The number of carbonyl (C=O) groups excluding carboxylic acids is 1. The summed E-state index contributed by atoms with van der Waals surface area (Å²) in [6, 6.07) is 6.80. The number of hydrogen-bond donors (Lipinski definition) is 3. The Kier molecular flexibility index (Phi) is 6.35. The topological polar surface area (TPSA) is 91.6 Å². The second-order valence-corrected chi connectivity index (χ2v) is 7.29. The van der Waals surface area contributed by atoms with Gasteiger partial charge in [0.05, 0.1) is 0 Å². The molecule has 1 aromatic heterocycles. The lowest BCUT2D eigenvalue weighted by Gasteiger charge is -2.32. The second-order valence-electron chi connectivity index (χ2n) is 7.29. The molecule has 0 radical (unpaired) electrons. The third kappa shape index (κ3) is 4.55. The smallest absolute Gasteiger partial charge is 0.430 e. The van der Waals surface area contributed by atoms with Gasteiger partial charge in [0.15, 0.2) is 0 Å². The molecule has 0 saturated heterocycles. The summed E-state index contributed by atoms with van der Waals surface area (Å²) in [5.74, 6) is -3.34. The summed E-state index contributed by atoms with van der Waals surface area (Å²) < 4.78 is 94.5. The minimum Gasteiger partial charge on any atom is -0.480 e. The molecule has 0 bridgehead atoms. The lowest BCUT2D eigenvalue weighted by Crippen LogP contribution is -2.53. The molecule has 0 saturated carbocycles. The van der Waals surface area contributed by atoms with E-state index in [2.05, 4.69) is 5.32 Å². The number of rotatable bonds is 6. The number of hydrogen-bond acceptors (Lipinski definition) is 3. The van der Waals surface area contributed by atoms with Crippen molar-refractivity contribution >= 4 is 22.8 Å². The van der Waals surface area contributed by atoms with Crippen LogP contribution in [-0.2, 0) is 21.7 Å². The van der Waals surface area contributed by atoms with Gasteiger partial charge in [-0.05, 0) is 29.1 Å². The first kappa shape index (κ1) is 25.0. The van der Waals surface area contributed by atoms with Crippen molar-refractivity contribution in [1.29, 1.82) is 0 Å². The zero-order chi connectivity index (χ0) is 25.5. The molecule has 3 N–H and O–H groups in total. The van der Waals surface area contributed by atoms with E-state index < -0.39 is 47.8 Å². The predicted molar refractivity (Wildman–Crippen MR) is 104 cm³/mol. The van der Waals surface area contributed by atoms with E-state index >= 15 is 0 Å². The van der Waals surface area contributed by atoms with Gasteiger partial charge >= 0.3 is 18.3 Å². The van der Waals surface area contributed by atoms with Gasteiger partial charge in [0.1, 0.15) is 18.9 Å². The third-order valence-electron chi connectivity index (χ3n) is 5.04. The van der Waals surface area contributed by atoms with E-state index in [-0.39, 0.29) is 23.7 Å². The molecule has 34 heavy (non-hydrogen) atoms. The number of halogens is 7. The van der Waals surface area contributed by atoms with Crippen molar-refractivity contribution in [3.8, 4) is 11.1 Å². The average Bonchev–Trinajstić information content (AvgIpc) is 3.11. The van der Waals surface area contributed by atoms with Crippen molar-refractivity contribution in [3.05, 3.63) is 60.0 Å². The number of aliphatic hydroxyl groups is 1. The van der Waals surface area contributed by atoms with Crippen LogP contribution in [0.5, 0.6) is 0 Å². The Labute approximate surface area is 186 Å². The Morgan fingerprint density at radius 1 is 0.941 bits per heavy atom. The lowest BCUT2D eigenvalue weighted by molar-refractivity contribution is -0.376. The summed E-state index contributed by atoms with van der Waals surface area (Å²) in [4.78, 5) is 22.4. The van der Waals surface area contributed by atoms with Crippen molar-refractivity contribution < 1.29 is 50.5 Å². The lowest BCUT2D eigenvalue weighted by atomic mass is 9.90. The highest BCUT2D eigenvalue weighted by Crippen LogP contribution is 2.50. The van der Waals surface area contributed by atoms with Crippen LogP contribution in [0.1, 0.15) is 5.56 Å². The molecule has 3 aromatic rings. The number of nitrogens with one attached hydrogen (secondary N) is 1. The maximum atomic E-state index is 14.7. The maximum absolute atomic E-state index is 14.7. The first-order chi connectivity index (χ1) is 15.6. The Balaban J connectivity index is 1.99. The van der Waals surface area contributed by atoms with Crippen LogP contribution < -0.4 is 5.32 Å². The molecule has 1 amide bonds. The van der Waals surface area contributed by atoms with Crippen molar-refractivity contribution in [2.45, 2.75) is 24.5 Å². The quantitative estimate of drug-likeness (QED) is 0.455. The molecule has 0 aliphatic rings. The number of carboxylic acid groups (broad SMARTS) is 1. The monoisotopic (exact) mass is 492 g/mol. The van der Waals surface area contributed by atoms with Crippen LogP contribution in [0.4, 0.5) is 30.7 Å². The van der Waals surface area contributed by atoms with Crippen LogP contribution in [0.3, 0.4) is 0 Å². The molecular formula is C21H15F7N2O4. The van der Waals surface area contributed by atoms with Crippen LogP contribution in [0.15, 0.2) is 48.7 Å². The maximum Gasteiger partial charge on any atom is 0.430 e. The Hall–Kier alpha value is -3.61. The van der Waals surface area contributed by atoms with Crippen LogP contribution in [0.25, 0.3) is 22.0 Å². The highest BCUT2D eigenvalue weighted by molar-refractivity contribution is 5.88. The van der Waals surface area contributed by atoms with Gasteiger partial charge in [-0.3, -0.25) is 9.59 Å². The molecule has 3 rings (SSSR count). The molecule has 6 nitrogen and oxygen atoms in total. The number of carbonyl (C=O) groups is 2. The van der Waals surface area contributed by atoms with Crippen LogP contribution >= 0.6 is 0 Å². The third-order valence-corrected chi connectivity index (χ3v) is 5.04. The van der Waals surface area contributed by atoms with E-state index in [0.29, 0.717) is 23.0 Å². The van der Waals surface area contributed by atoms with E-state index in [1.54, 1.807) is 6.07 Å². The Morgan fingerprint density at radius 2 is 1.59 bits per heavy atom. The van der Waals surface area contributed by atoms with Gasteiger partial charge in [0.2, 0.25) is 5.91 Å². The molecule has 1 heterocycles. The number of amides is 1. The first-order valence-corrected chi connectivity index (χ1v) is 9.39. The van der Waals surface area contributed by atoms with E-state index in [1.807, 2.05) is 0 Å². The second kappa shape index (κ2) is 8.63. The number of benzene rings is 2. The molecule has 0 atom stereocenters. The molecule has 0 aliphatic carbocycles. The summed E-state index contributed by atoms with van der Waals surface area (Å²) in [6.45, 7) is -0.908. The molecule has 2 aromatic carbocycles. The molecule has 0 spiro atoms. The summed E-state index contributed by atoms with van der Waals surface area (Å²) >= 11 is 0. The fraction of sp³-hybridized carbons (Fsp3) is 0.238. The molecule has 0 fully saturated rings. The van der Waals surface area contributed by atoms with E-state index in [9.17, 15) is 45.4 Å². The van der Waals surface area contributed by atoms with E-state index in [4.69, 9.17) is 5.11 Å². The number of fused-ring (bicyclic) bond motifs is 1. The largest absolute Gasteiger partial charge is 0.480 e. The van der Waals surface area contributed by atoms with E-state index in [0.717, 1.165) is 0 Å². The Morgan fingerprint density at radius 3 is 2.15 bits per heavy atom. The van der Waals surface area contributed by atoms with Crippen molar-refractivity contribution in [2.75, 3.05) is 6.54 Å². The van der Waals surface area contributed by atoms with Crippen LogP contribution in [-0.4, -0.2) is 45.6 Å². The summed E-state index contributed by atoms with van der Waals surface area (Å²) in [7, 11) is 0. The molecule has 0 unspecified atom stereocenters. The fourth-order valence-electron chi connectivity index (χ4n) is 3.34. The highest BCUT2D eigenvalue weighted by atomic mass is 19.4. The Bertz CT molecular complexity index is 1230. The van der Waals surface area contributed by atoms with Gasteiger partial charge in [0, 0.05) is 22.8 Å². The molecule has 182 valence electrons. The zero-order valence-corrected chi connectivity index (χ0v) is 16.8. The fourth-order valence-corrected chi connectivity index (χ4v) is 3.34. The number of alkyl halides is 6. The summed E-state index contributed by atoms with van der Waals surface area (Å²) in [5, 5.41) is 20.8. The van der Waals surface area contributed by atoms with Gasteiger partial charge < -0.3 is 20.1 Å². The zero-order valence-electron chi connectivity index (χ0n) is 16.8. The highest BCUT2D eigenvalue weighted by Gasteiger charge is 2.71. The number of nitrogens with zero attached hydrogens (tertiary/aromatic N) is 1. The van der Waals surface area contributed by atoms with Crippen molar-refractivity contribution in [2.24, 2.45) is 0 Å². The average molecular weight is 492 g/mol. The first-order valence-electron chi connectivity index (χ1n) is 9.39. The van der Waals surface area contributed by atoms with Crippen molar-refractivity contribution in [1.82, 2.24) is 9.88 Å². The van der Waals surface area contributed by atoms with Gasteiger partial charge in [-0.15, -0.1) is 0 Å². The number of aliphatic carboxylic acids is 1. The standard InChI is InChI=1S/C21H15F7N2O4/c22-15-8-13(19(34,20(23,24)25)21(26,27)28)3-4-14(15)12-2-1-11-5-6-30(16(11)7-12)10-17(31)29-9-18(32)33/h1-8,34H,9-10H2,(H,29,31)(H,32,33). The number of aromatic nitrogens is 1. The molecular weight excluding hydrogens is 477 g/mol. The summed E-state index contributed by atoms with van der Waals surface area (Å²) in [5.41, 5.74) is -6.89. The van der Waals surface area contributed by atoms with Crippen LogP contribution in [0.2, 0.25) is 0 Å². The van der Waals surface area contributed by atoms with Gasteiger partial charge in [-0.1, -0.05) is 24.3 Å². The normalized spacial score (nSPS) is 12.7. The SMILES string of the molecule is O=C(O)CNC(=O)Cn1ccc2ccc(-c3ccc(C(O)(C(F)(F)F)C(F)(F)F)cc3F)cc21. The minimum atomic E-state index is -6.15. The van der Waals surface area contributed by atoms with Gasteiger partial charge in [0.25, 0.3) is 5.60 Å². The predicted octanol–water partition coefficient (Wildman–Crippen LogP) is 3.96. The number of carboxylic acids is 1. The van der Waals surface area contributed by atoms with Crippen LogP contribution in [0, 0.1) is 5.82 Å². The van der Waals surface area contributed by atoms with Gasteiger partial charge in [-0.25, -0.2) is 4.39 Å². The van der Waals surface area contributed by atoms with Crippen molar-refractivity contribution in [3.63, 3.8) is 0 Å². The van der Waals surface area contributed by atoms with E-state index in [1.165, 1.54) is 29.0 Å². The molecule has 0 aliphatic heterocycles.